The summed E-state index contributed by atoms with van der Waals surface area (Å²) in [5, 5.41) is 6.50. The molecule has 2 rings (SSSR count). The van der Waals surface area contributed by atoms with Crippen LogP contribution in [0.25, 0.3) is 0 Å². The Morgan fingerprint density at radius 3 is 2.85 bits per heavy atom. The lowest BCUT2D eigenvalue weighted by Crippen LogP contribution is -2.30. The van der Waals surface area contributed by atoms with Crippen LogP contribution in [-0.2, 0) is 4.79 Å². The summed E-state index contributed by atoms with van der Waals surface area (Å²) in [6, 6.07) is 12.8. The molecule has 0 fully saturated rings. The van der Waals surface area contributed by atoms with E-state index in [9.17, 15) is 4.79 Å². The lowest BCUT2D eigenvalue weighted by Gasteiger charge is -2.13. The van der Waals surface area contributed by atoms with Crippen molar-refractivity contribution < 1.29 is 4.79 Å². The van der Waals surface area contributed by atoms with Gasteiger partial charge >= 0.3 is 0 Å². The molecular formula is C15H16ClN3O. The van der Waals surface area contributed by atoms with Crippen molar-refractivity contribution in [3.05, 3.63) is 59.4 Å². The van der Waals surface area contributed by atoms with Gasteiger partial charge in [-0.25, -0.2) is 0 Å². The van der Waals surface area contributed by atoms with E-state index >= 15 is 0 Å². The third-order valence-electron chi connectivity index (χ3n) is 2.81. The minimum atomic E-state index is -0.116. The number of benzene rings is 1. The highest BCUT2D eigenvalue weighted by Gasteiger charge is 2.08. The van der Waals surface area contributed by atoms with E-state index in [0.29, 0.717) is 10.7 Å². The zero-order valence-corrected chi connectivity index (χ0v) is 11.9. The number of carbonyl (C=O) groups is 1. The van der Waals surface area contributed by atoms with E-state index in [-0.39, 0.29) is 18.5 Å². The summed E-state index contributed by atoms with van der Waals surface area (Å²) in [7, 11) is 0. The molecule has 2 N–H and O–H groups in total. The Morgan fingerprint density at radius 1 is 1.30 bits per heavy atom. The van der Waals surface area contributed by atoms with Gasteiger partial charge in [-0.15, -0.1) is 0 Å². The number of rotatable bonds is 5. The average Bonchev–Trinajstić information content (AvgIpc) is 2.46. The van der Waals surface area contributed by atoms with Gasteiger partial charge in [0.1, 0.15) is 0 Å². The molecule has 0 aliphatic rings. The number of amides is 1. The van der Waals surface area contributed by atoms with E-state index < -0.39 is 0 Å². The second-order valence-corrected chi connectivity index (χ2v) is 4.85. The highest BCUT2D eigenvalue weighted by Crippen LogP contribution is 2.14. The molecule has 1 atom stereocenters. The SMILES string of the molecule is C[C@@H](NCC(=O)Nc1cccc(Cl)c1)c1ccccn1. The van der Waals surface area contributed by atoms with Gasteiger partial charge in [-0.05, 0) is 37.3 Å². The van der Waals surface area contributed by atoms with E-state index in [1.54, 1.807) is 30.5 Å². The van der Waals surface area contributed by atoms with Crippen LogP contribution in [0.4, 0.5) is 5.69 Å². The van der Waals surface area contributed by atoms with Crippen molar-refractivity contribution in [3.63, 3.8) is 0 Å². The fourth-order valence-corrected chi connectivity index (χ4v) is 1.94. The van der Waals surface area contributed by atoms with Gasteiger partial charge in [-0.1, -0.05) is 23.7 Å². The smallest absolute Gasteiger partial charge is 0.238 e. The number of anilines is 1. The fourth-order valence-electron chi connectivity index (χ4n) is 1.75. The third kappa shape index (κ3) is 4.33. The van der Waals surface area contributed by atoms with E-state index in [1.165, 1.54) is 0 Å². The second-order valence-electron chi connectivity index (χ2n) is 4.42. The summed E-state index contributed by atoms with van der Waals surface area (Å²) in [5.74, 6) is -0.116. The van der Waals surface area contributed by atoms with Crippen molar-refractivity contribution in [2.45, 2.75) is 13.0 Å². The van der Waals surface area contributed by atoms with Gasteiger partial charge in [0.05, 0.1) is 12.2 Å². The predicted molar refractivity (Wildman–Crippen MR) is 80.7 cm³/mol. The molecule has 104 valence electrons. The summed E-state index contributed by atoms with van der Waals surface area (Å²) < 4.78 is 0. The first-order chi connectivity index (χ1) is 9.65. The Bertz CT molecular complexity index is 574. The molecule has 1 amide bonds. The Labute approximate surface area is 123 Å². The van der Waals surface area contributed by atoms with Gasteiger partial charge < -0.3 is 10.6 Å². The van der Waals surface area contributed by atoms with Crippen LogP contribution in [0.1, 0.15) is 18.7 Å². The van der Waals surface area contributed by atoms with Crippen molar-refractivity contribution in [1.82, 2.24) is 10.3 Å². The minimum absolute atomic E-state index is 0.0151. The fraction of sp³-hybridized carbons (Fsp3) is 0.200. The Kier molecular flexibility index (Phi) is 5.09. The van der Waals surface area contributed by atoms with Crippen molar-refractivity contribution in [2.75, 3.05) is 11.9 Å². The first-order valence-corrected chi connectivity index (χ1v) is 6.72. The number of hydrogen-bond donors (Lipinski definition) is 2. The molecule has 2 aromatic rings. The first-order valence-electron chi connectivity index (χ1n) is 6.35. The molecular weight excluding hydrogens is 274 g/mol. The normalized spacial score (nSPS) is 11.9. The molecule has 0 spiro atoms. The number of carbonyl (C=O) groups excluding carboxylic acids is 1. The number of hydrogen-bond acceptors (Lipinski definition) is 3. The summed E-state index contributed by atoms with van der Waals surface area (Å²) in [4.78, 5) is 16.1. The summed E-state index contributed by atoms with van der Waals surface area (Å²) in [6.45, 7) is 2.18. The number of nitrogens with zero attached hydrogens (tertiary/aromatic N) is 1. The van der Waals surface area contributed by atoms with Gasteiger partial charge in [-0.2, -0.15) is 0 Å². The van der Waals surface area contributed by atoms with Gasteiger partial charge in [0.15, 0.2) is 0 Å². The summed E-state index contributed by atoms with van der Waals surface area (Å²) in [5.41, 5.74) is 1.60. The van der Waals surface area contributed by atoms with E-state index in [4.69, 9.17) is 11.6 Å². The average molecular weight is 290 g/mol. The molecule has 20 heavy (non-hydrogen) atoms. The highest BCUT2D eigenvalue weighted by atomic mass is 35.5. The Morgan fingerprint density at radius 2 is 2.15 bits per heavy atom. The molecule has 1 aromatic carbocycles. The Balaban J connectivity index is 1.83. The summed E-state index contributed by atoms with van der Waals surface area (Å²) >= 11 is 5.86. The molecule has 4 nitrogen and oxygen atoms in total. The van der Waals surface area contributed by atoms with E-state index in [1.807, 2.05) is 25.1 Å². The molecule has 1 aromatic heterocycles. The van der Waals surface area contributed by atoms with Crippen molar-refractivity contribution in [1.29, 1.82) is 0 Å². The van der Waals surface area contributed by atoms with Crippen LogP contribution in [0.2, 0.25) is 5.02 Å². The van der Waals surface area contributed by atoms with Crippen LogP contribution in [0.5, 0.6) is 0 Å². The molecule has 0 aliphatic heterocycles. The maximum absolute atomic E-state index is 11.8. The Hall–Kier alpha value is -1.91. The van der Waals surface area contributed by atoms with E-state index in [2.05, 4.69) is 15.6 Å². The molecule has 1 heterocycles. The van der Waals surface area contributed by atoms with Crippen molar-refractivity contribution in [3.8, 4) is 0 Å². The number of nitrogens with one attached hydrogen (secondary N) is 2. The van der Waals surface area contributed by atoms with Crippen LogP contribution in [-0.4, -0.2) is 17.4 Å². The van der Waals surface area contributed by atoms with Crippen LogP contribution in [0.15, 0.2) is 48.7 Å². The molecule has 0 saturated carbocycles. The van der Waals surface area contributed by atoms with Gasteiger partial charge in [0, 0.05) is 22.9 Å². The van der Waals surface area contributed by atoms with Crippen LogP contribution < -0.4 is 10.6 Å². The maximum atomic E-state index is 11.8. The lowest BCUT2D eigenvalue weighted by atomic mass is 10.2. The number of halogens is 1. The minimum Gasteiger partial charge on any atom is -0.325 e. The first kappa shape index (κ1) is 14.5. The largest absolute Gasteiger partial charge is 0.325 e. The van der Waals surface area contributed by atoms with Crippen LogP contribution in [0.3, 0.4) is 0 Å². The molecule has 0 aliphatic carbocycles. The highest BCUT2D eigenvalue weighted by molar-refractivity contribution is 6.30. The number of pyridine rings is 1. The zero-order chi connectivity index (χ0) is 14.4. The van der Waals surface area contributed by atoms with Crippen molar-refractivity contribution >= 4 is 23.2 Å². The predicted octanol–water partition coefficient (Wildman–Crippen LogP) is 3.02. The topological polar surface area (TPSA) is 54.0 Å². The van der Waals surface area contributed by atoms with Crippen LogP contribution >= 0.6 is 11.6 Å². The van der Waals surface area contributed by atoms with Crippen LogP contribution in [0, 0.1) is 0 Å². The number of aromatic nitrogens is 1. The lowest BCUT2D eigenvalue weighted by molar-refractivity contribution is -0.115. The quantitative estimate of drug-likeness (QED) is 0.889. The third-order valence-corrected chi connectivity index (χ3v) is 3.04. The van der Waals surface area contributed by atoms with Gasteiger partial charge in [-0.3, -0.25) is 9.78 Å². The molecule has 0 radical (unpaired) electrons. The van der Waals surface area contributed by atoms with Gasteiger partial charge in [0.25, 0.3) is 0 Å². The molecule has 0 saturated heterocycles. The standard InChI is InChI=1S/C15H16ClN3O/c1-11(14-7-2-3-8-17-14)18-10-15(20)19-13-6-4-5-12(16)9-13/h2-9,11,18H,10H2,1H3,(H,19,20)/t11-/m1/s1. The monoisotopic (exact) mass is 289 g/mol. The van der Waals surface area contributed by atoms with Gasteiger partial charge in [0.2, 0.25) is 5.91 Å². The maximum Gasteiger partial charge on any atom is 0.238 e. The van der Waals surface area contributed by atoms with Crippen molar-refractivity contribution in [2.24, 2.45) is 0 Å². The molecule has 5 heteroatoms. The molecule has 0 bridgehead atoms. The second kappa shape index (κ2) is 7.03. The zero-order valence-electron chi connectivity index (χ0n) is 11.1. The van der Waals surface area contributed by atoms with E-state index in [0.717, 1.165) is 5.69 Å². The summed E-state index contributed by atoms with van der Waals surface area (Å²) in [6.07, 6.45) is 1.74. The molecule has 0 unspecified atom stereocenters.